The van der Waals surface area contributed by atoms with Gasteiger partial charge in [-0.25, -0.2) is 0 Å². The lowest BCUT2D eigenvalue weighted by atomic mass is 10.0. The van der Waals surface area contributed by atoms with Gasteiger partial charge in [-0.1, -0.05) is 30.3 Å². The molecule has 0 saturated carbocycles. The summed E-state index contributed by atoms with van der Waals surface area (Å²) < 4.78 is 0.487. The summed E-state index contributed by atoms with van der Waals surface area (Å²) in [5, 5.41) is 0.740. The fourth-order valence-corrected chi connectivity index (χ4v) is 2.34. The molecule has 0 aliphatic carbocycles. The number of hydrogen-bond acceptors (Lipinski definition) is 1. The molecule has 0 bridgehead atoms. The predicted octanol–water partition coefficient (Wildman–Crippen LogP) is 3.25. The first-order valence-corrected chi connectivity index (χ1v) is 4.81. The summed E-state index contributed by atoms with van der Waals surface area (Å²) >= 11 is 2.05. The average molecular weight is 164 g/mol. The van der Waals surface area contributed by atoms with Gasteiger partial charge in [0.05, 0.1) is 0 Å². The van der Waals surface area contributed by atoms with Crippen molar-refractivity contribution in [1.29, 1.82) is 0 Å². The zero-order chi connectivity index (χ0) is 7.90. The summed E-state index contributed by atoms with van der Waals surface area (Å²) in [6.45, 7) is 4.60. The van der Waals surface area contributed by atoms with Crippen LogP contribution in [-0.2, 0) is 0 Å². The Kier molecular flexibility index (Phi) is 1.50. The van der Waals surface area contributed by atoms with Gasteiger partial charge in [0.25, 0.3) is 0 Å². The van der Waals surface area contributed by atoms with E-state index in [4.69, 9.17) is 0 Å². The highest BCUT2D eigenvalue weighted by molar-refractivity contribution is 8.08. The van der Waals surface area contributed by atoms with Gasteiger partial charge in [-0.3, -0.25) is 0 Å². The highest BCUT2D eigenvalue weighted by Gasteiger charge is 2.47. The largest absolute Gasteiger partial charge is 0.145 e. The summed E-state index contributed by atoms with van der Waals surface area (Å²) in [4.78, 5) is 0. The standard InChI is InChI=1S/C10H12S/c1-10(2)9(11-10)8-6-4-3-5-7-8/h3-7,9H,1-2H3. The Bertz CT molecular complexity index is 251. The van der Waals surface area contributed by atoms with Crippen molar-refractivity contribution in [2.75, 3.05) is 0 Å². The smallest absolute Gasteiger partial charge is 0.0444 e. The molecule has 0 amide bonds. The molecule has 1 atom stereocenters. The Hall–Kier alpha value is -0.430. The van der Waals surface area contributed by atoms with Crippen LogP contribution < -0.4 is 0 Å². The maximum atomic E-state index is 2.30. The predicted molar refractivity (Wildman–Crippen MR) is 50.9 cm³/mol. The first kappa shape index (κ1) is 7.23. The first-order valence-electron chi connectivity index (χ1n) is 3.93. The normalized spacial score (nSPS) is 26.5. The van der Waals surface area contributed by atoms with Gasteiger partial charge in [-0.2, -0.15) is 0 Å². The second-order valence-corrected chi connectivity index (χ2v) is 5.27. The molecular formula is C10H12S. The lowest BCUT2D eigenvalue weighted by Crippen LogP contribution is -1.95. The number of rotatable bonds is 1. The summed E-state index contributed by atoms with van der Waals surface area (Å²) in [5.74, 6) is 0. The van der Waals surface area contributed by atoms with Crippen LogP contribution >= 0.6 is 11.8 Å². The number of benzene rings is 1. The lowest BCUT2D eigenvalue weighted by Gasteiger charge is -1.98. The van der Waals surface area contributed by atoms with E-state index in [1.807, 2.05) is 11.8 Å². The molecular weight excluding hydrogens is 152 g/mol. The van der Waals surface area contributed by atoms with E-state index in [1.165, 1.54) is 5.56 Å². The average Bonchev–Trinajstić information content (AvgIpc) is 2.62. The molecule has 1 heterocycles. The second-order valence-electron chi connectivity index (χ2n) is 3.51. The molecule has 2 rings (SSSR count). The van der Waals surface area contributed by atoms with E-state index in [-0.39, 0.29) is 0 Å². The molecule has 1 unspecified atom stereocenters. The SMILES string of the molecule is CC1(C)SC1c1ccccc1. The van der Waals surface area contributed by atoms with Crippen LogP contribution in [0.3, 0.4) is 0 Å². The number of thioether (sulfide) groups is 1. The molecule has 1 aromatic carbocycles. The summed E-state index contributed by atoms with van der Waals surface area (Å²) in [5.41, 5.74) is 1.47. The van der Waals surface area contributed by atoms with Crippen molar-refractivity contribution >= 4 is 11.8 Å². The highest BCUT2D eigenvalue weighted by Crippen LogP contribution is 2.64. The number of hydrogen-bond donors (Lipinski definition) is 0. The Morgan fingerprint density at radius 2 is 1.73 bits per heavy atom. The van der Waals surface area contributed by atoms with Gasteiger partial charge in [-0.15, -0.1) is 11.8 Å². The van der Waals surface area contributed by atoms with E-state index in [0.717, 1.165) is 5.25 Å². The van der Waals surface area contributed by atoms with Gasteiger partial charge in [0.15, 0.2) is 0 Å². The van der Waals surface area contributed by atoms with Crippen molar-refractivity contribution in [3.05, 3.63) is 35.9 Å². The second kappa shape index (κ2) is 2.28. The van der Waals surface area contributed by atoms with E-state index in [1.54, 1.807) is 0 Å². The van der Waals surface area contributed by atoms with Crippen molar-refractivity contribution < 1.29 is 0 Å². The summed E-state index contributed by atoms with van der Waals surface area (Å²) in [6.07, 6.45) is 0. The third kappa shape index (κ3) is 1.30. The van der Waals surface area contributed by atoms with Crippen LogP contribution in [0.2, 0.25) is 0 Å². The van der Waals surface area contributed by atoms with Gasteiger partial charge in [0, 0.05) is 10.00 Å². The fourth-order valence-electron chi connectivity index (χ4n) is 1.37. The van der Waals surface area contributed by atoms with Crippen LogP contribution in [-0.4, -0.2) is 4.75 Å². The van der Waals surface area contributed by atoms with Crippen LogP contribution in [0.25, 0.3) is 0 Å². The van der Waals surface area contributed by atoms with Crippen molar-refractivity contribution in [2.45, 2.75) is 23.8 Å². The minimum atomic E-state index is 0.487. The molecule has 1 aliphatic heterocycles. The monoisotopic (exact) mass is 164 g/mol. The van der Waals surface area contributed by atoms with Gasteiger partial charge < -0.3 is 0 Å². The molecule has 0 nitrogen and oxygen atoms in total. The minimum absolute atomic E-state index is 0.487. The van der Waals surface area contributed by atoms with Gasteiger partial charge in [0.2, 0.25) is 0 Å². The first-order chi connectivity index (χ1) is 5.20. The maximum Gasteiger partial charge on any atom is 0.0444 e. The quantitative estimate of drug-likeness (QED) is 0.574. The molecule has 11 heavy (non-hydrogen) atoms. The van der Waals surface area contributed by atoms with E-state index in [2.05, 4.69) is 44.2 Å². The van der Waals surface area contributed by atoms with E-state index >= 15 is 0 Å². The zero-order valence-corrected chi connectivity index (χ0v) is 7.69. The molecule has 0 spiro atoms. The summed E-state index contributed by atoms with van der Waals surface area (Å²) in [6, 6.07) is 10.7. The van der Waals surface area contributed by atoms with Crippen molar-refractivity contribution in [3.63, 3.8) is 0 Å². The van der Waals surface area contributed by atoms with Gasteiger partial charge in [-0.05, 0) is 19.4 Å². The molecule has 1 aliphatic rings. The zero-order valence-electron chi connectivity index (χ0n) is 6.87. The Balaban J connectivity index is 2.21. The lowest BCUT2D eigenvalue weighted by molar-refractivity contribution is 0.794. The molecule has 0 N–H and O–H groups in total. The van der Waals surface area contributed by atoms with E-state index in [9.17, 15) is 0 Å². The molecule has 0 aromatic heterocycles. The molecule has 1 aromatic rings. The maximum absolute atomic E-state index is 2.30. The minimum Gasteiger partial charge on any atom is -0.145 e. The molecule has 1 fully saturated rings. The molecule has 1 saturated heterocycles. The Morgan fingerprint density at radius 3 is 2.18 bits per heavy atom. The molecule has 0 radical (unpaired) electrons. The fraction of sp³-hybridized carbons (Fsp3) is 0.400. The van der Waals surface area contributed by atoms with E-state index in [0.29, 0.717) is 4.75 Å². The van der Waals surface area contributed by atoms with Crippen molar-refractivity contribution in [3.8, 4) is 0 Å². The van der Waals surface area contributed by atoms with Crippen LogP contribution in [0, 0.1) is 0 Å². The van der Waals surface area contributed by atoms with Crippen molar-refractivity contribution in [1.82, 2.24) is 0 Å². The van der Waals surface area contributed by atoms with E-state index < -0.39 is 0 Å². The van der Waals surface area contributed by atoms with Crippen LogP contribution in [0.5, 0.6) is 0 Å². The Morgan fingerprint density at radius 1 is 1.18 bits per heavy atom. The highest BCUT2D eigenvalue weighted by atomic mass is 32.2. The van der Waals surface area contributed by atoms with Crippen LogP contribution in [0.4, 0.5) is 0 Å². The van der Waals surface area contributed by atoms with Crippen LogP contribution in [0.1, 0.15) is 24.7 Å². The topological polar surface area (TPSA) is 0 Å². The third-order valence-corrected chi connectivity index (χ3v) is 3.78. The molecule has 1 heteroatoms. The molecule has 58 valence electrons. The van der Waals surface area contributed by atoms with Crippen molar-refractivity contribution in [2.24, 2.45) is 0 Å². The van der Waals surface area contributed by atoms with Crippen LogP contribution in [0.15, 0.2) is 30.3 Å². The Labute approximate surface area is 72.0 Å². The van der Waals surface area contributed by atoms with Gasteiger partial charge in [0.1, 0.15) is 0 Å². The third-order valence-electron chi connectivity index (χ3n) is 2.10. The summed E-state index contributed by atoms with van der Waals surface area (Å²) in [7, 11) is 0. The van der Waals surface area contributed by atoms with Gasteiger partial charge >= 0.3 is 0 Å².